The number of terminal acetylenes is 1. The molecule has 1 fully saturated rings. The molecule has 2 atom stereocenters. The first kappa shape index (κ1) is 20.1. The number of piperazine rings is 1. The van der Waals surface area contributed by atoms with E-state index < -0.39 is 11.7 Å². The minimum absolute atomic E-state index is 0.266. The Morgan fingerprint density at radius 3 is 2.64 bits per heavy atom. The molecule has 0 bridgehead atoms. The van der Waals surface area contributed by atoms with Crippen LogP contribution in [-0.2, 0) is 4.74 Å². The van der Waals surface area contributed by atoms with Crippen LogP contribution < -0.4 is 4.90 Å². The van der Waals surface area contributed by atoms with E-state index in [1.807, 2.05) is 26.0 Å². The van der Waals surface area contributed by atoms with Crippen molar-refractivity contribution in [2.75, 3.05) is 44.2 Å². The second-order valence-corrected chi connectivity index (χ2v) is 7.35. The van der Waals surface area contributed by atoms with Crippen LogP contribution in [0.5, 0.6) is 0 Å². The van der Waals surface area contributed by atoms with Crippen LogP contribution in [0.3, 0.4) is 0 Å². The summed E-state index contributed by atoms with van der Waals surface area (Å²) in [7, 11) is 0. The number of aliphatic hydroxyl groups excluding tert-OH is 1. The van der Waals surface area contributed by atoms with Gasteiger partial charge in [-0.15, -0.1) is 6.42 Å². The maximum Gasteiger partial charge on any atom is 0.125 e. The van der Waals surface area contributed by atoms with Gasteiger partial charge in [-0.2, -0.15) is 0 Å². The van der Waals surface area contributed by atoms with Crippen LogP contribution in [-0.4, -0.2) is 61.0 Å². The highest BCUT2D eigenvalue weighted by Gasteiger charge is 2.24. The van der Waals surface area contributed by atoms with Crippen LogP contribution in [0.15, 0.2) is 18.2 Å². The fourth-order valence-corrected chi connectivity index (χ4v) is 3.14. The van der Waals surface area contributed by atoms with E-state index in [9.17, 15) is 5.11 Å². The van der Waals surface area contributed by atoms with Crippen LogP contribution in [0.4, 0.5) is 5.69 Å². The fraction of sp³-hybridized carbons (Fsp3) is 0.600. The average molecular weight is 365 g/mol. The van der Waals surface area contributed by atoms with Gasteiger partial charge in [-0.1, -0.05) is 30.5 Å². The third-order valence-corrected chi connectivity index (χ3v) is 5.16. The molecule has 25 heavy (non-hydrogen) atoms. The van der Waals surface area contributed by atoms with Crippen molar-refractivity contribution < 1.29 is 9.84 Å². The Kier molecular flexibility index (Phi) is 7.15. The van der Waals surface area contributed by atoms with Gasteiger partial charge in [-0.3, -0.25) is 4.90 Å². The molecule has 5 heteroatoms. The maximum absolute atomic E-state index is 10.3. The largest absolute Gasteiger partial charge is 0.389 e. The van der Waals surface area contributed by atoms with E-state index >= 15 is 0 Å². The summed E-state index contributed by atoms with van der Waals surface area (Å²) < 4.78 is 5.71. The van der Waals surface area contributed by atoms with Crippen molar-refractivity contribution in [3.05, 3.63) is 28.8 Å². The van der Waals surface area contributed by atoms with Crippen molar-refractivity contribution in [1.29, 1.82) is 0 Å². The van der Waals surface area contributed by atoms with Crippen molar-refractivity contribution >= 4 is 17.3 Å². The predicted molar refractivity (Wildman–Crippen MR) is 104 cm³/mol. The minimum Gasteiger partial charge on any atom is -0.389 e. The summed E-state index contributed by atoms with van der Waals surface area (Å²) >= 11 is 6.13. The van der Waals surface area contributed by atoms with Gasteiger partial charge < -0.3 is 14.7 Å². The molecule has 1 aromatic carbocycles. The van der Waals surface area contributed by atoms with E-state index in [0.717, 1.165) is 37.6 Å². The summed E-state index contributed by atoms with van der Waals surface area (Å²) in [4.78, 5) is 4.62. The zero-order valence-electron chi connectivity index (χ0n) is 15.5. The smallest absolute Gasteiger partial charge is 0.125 e. The molecule has 138 valence electrons. The Balaban J connectivity index is 1.80. The Morgan fingerprint density at radius 1 is 1.36 bits per heavy atom. The number of aryl methyl sites for hydroxylation is 1. The van der Waals surface area contributed by atoms with Gasteiger partial charge in [0.25, 0.3) is 0 Å². The van der Waals surface area contributed by atoms with Gasteiger partial charge in [-0.05, 0) is 38.0 Å². The molecule has 1 aliphatic rings. The third kappa shape index (κ3) is 5.62. The number of hydrogen-bond donors (Lipinski definition) is 1. The van der Waals surface area contributed by atoms with Gasteiger partial charge in [0.05, 0.1) is 12.7 Å². The fourth-order valence-electron chi connectivity index (χ4n) is 2.97. The van der Waals surface area contributed by atoms with Crippen LogP contribution in [0.1, 0.15) is 25.8 Å². The van der Waals surface area contributed by atoms with Gasteiger partial charge >= 0.3 is 0 Å². The first-order valence-electron chi connectivity index (χ1n) is 8.90. The SMILES string of the molecule is C#C[C@@](C)(CC)OC[C@@H](O)CN1CCN(c2cc(Cl)ccc2C)CC1. The monoisotopic (exact) mass is 364 g/mol. The van der Waals surface area contributed by atoms with Crippen LogP contribution in [0.25, 0.3) is 0 Å². The Labute approximate surface area is 156 Å². The molecular formula is C20H29ClN2O2. The number of halogens is 1. The molecule has 1 N–H and O–H groups in total. The number of nitrogens with zero attached hydrogens (tertiary/aromatic N) is 2. The highest BCUT2D eigenvalue weighted by atomic mass is 35.5. The Morgan fingerprint density at radius 2 is 2.04 bits per heavy atom. The lowest BCUT2D eigenvalue weighted by atomic mass is 10.1. The normalized spacial score (nSPS) is 19.3. The zero-order chi connectivity index (χ0) is 18.4. The first-order valence-corrected chi connectivity index (χ1v) is 9.28. The Hall–Kier alpha value is -1.25. The van der Waals surface area contributed by atoms with E-state index in [2.05, 4.69) is 28.7 Å². The van der Waals surface area contributed by atoms with E-state index in [-0.39, 0.29) is 6.61 Å². The number of benzene rings is 1. The van der Waals surface area contributed by atoms with E-state index in [4.69, 9.17) is 22.8 Å². The summed E-state index contributed by atoms with van der Waals surface area (Å²) in [5.41, 5.74) is 1.84. The molecule has 0 spiro atoms. The van der Waals surface area contributed by atoms with Crippen molar-refractivity contribution in [3.8, 4) is 12.3 Å². The molecule has 0 amide bonds. The number of aliphatic hydroxyl groups is 1. The Bertz CT molecular complexity index is 608. The molecule has 0 aliphatic carbocycles. The molecule has 0 aromatic heterocycles. The van der Waals surface area contributed by atoms with Crippen LogP contribution >= 0.6 is 11.6 Å². The van der Waals surface area contributed by atoms with Crippen molar-refractivity contribution in [2.24, 2.45) is 0 Å². The standard InChI is InChI=1S/C20H29ClN2O2/c1-5-20(4,6-2)25-15-18(24)14-22-9-11-23(12-10-22)19-13-17(21)8-7-16(19)3/h1,7-8,13,18,24H,6,9-12,14-15H2,2-4H3/t18-,20-/m0/s1. The molecule has 1 aromatic rings. The van der Waals surface area contributed by atoms with Crippen molar-refractivity contribution in [3.63, 3.8) is 0 Å². The number of rotatable bonds is 7. The lowest BCUT2D eigenvalue weighted by Gasteiger charge is -2.37. The number of anilines is 1. The van der Waals surface area contributed by atoms with Gasteiger partial charge in [0.2, 0.25) is 0 Å². The predicted octanol–water partition coefficient (Wildman–Crippen LogP) is 2.95. The van der Waals surface area contributed by atoms with E-state index in [1.165, 1.54) is 11.3 Å². The van der Waals surface area contributed by atoms with Gasteiger partial charge in [0, 0.05) is 43.4 Å². The first-order chi connectivity index (χ1) is 11.9. The second-order valence-electron chi connectivity index (χ2n) is 6.91. The summed E-state index contributed by atoms with van der Waals surface area (Å²) in [6.45, 7) is 10.5. The molecule has 0 saturated carbocycles. The van der Waals surface area contributed by atoms with E-state index in [0.29, 0.717) is 6.54 Å². The quantitative estimate of drug-likeness (QED) is 0.754. The highest BCUT2D eigenvalue weighted by molar-refractivity contribution is 6.30. The molecule has 2 rings (SSSR count). The summed E-state index contributed by atoms with van der Waals surface area (Å²) in [6.07, 6.45) is 5.70. The van der Waals surface area contributed by atoms with Crippen molar-refractivity contribution in [1.82, 2.24) is 4.90 Å². The molecule has 0 radical (unpaired) electrons. The molecule has 0 unspecified atom stereocenters. The van der Waals surface area contributed by atoms with E-state index in [1.54, 1.807) is 0 Å². The maximum atomic E-state index is 10.3. The average Bonchev–Trinajstić information content (AvgIpc) is 2.62. The van der Waals surface area contributed by atoms with Crippen LogP contribution in [0.2, 0.25) is 5.02 Å². The topological polar surface area (TPSA) is 35.9 Å². The van der Waals surface area contributed by atoms with Crippen molar-refractivity contribution in [2.45, 2.75) is 38.9 Å². The van der Waals surface area contributed by atoms with Crippen LogP contribution in [0, 0.1) is 19.3 Å². The summed E-state index contributed by atoms with van der Waals surface area (Å²) in [6, 6.07) is 6.01. The number of hydrogen-bond acceptors (Lipinski definition) is 4. The molecule has 4 nitrogen and oxygen atoms in total. The number of β-amino-alcohol motifs (C(OH)–C–C–N with tert-alkyl or cyclic N) is 1. The highest BCUT2D eigenvalue weighted by Crippen LogP contribution is 2.25. The third-order valence-electron chi connectivity index (χ3n) is 4.93. The molecule has 1 aliphatic heterocycles. The van der Waals surface area contributed by atoms with Gasteiger partial charge in [-0.25, -0.2) is 0 Å². The lowest BCUT2D eigenvalue weighted by Crippen LogP contribution is -2.49. The van der Waals surface area contributed by atoms with Gasteiger partial charge in [0.1, 0.15) is 5.60 Å². The molecular weight excluding hydrogens is 336 g/mol. The summed E-state index contributed by atoms with van der Waals surface area (Å²) in [5, 5.41) is 11.0. The minimum atomic E-state index is -0.593. The molecule has 1 saturated heterocycles. The second kappa shape index (κ2) is 8.91. The lowest BCUT2D eigenvalue weighted by molar-refractivity contribution is -0.0473. The summed E-state index contributed by atoms with van der Waals surface area (Å²) in [5.74, 6) is 2.66. The molecule has 1 heterocycles. The zero-order valence-corrected chi connectivity index (χ0v) is 16.2. The number of ether oxygens (including phenoxy) is 1. The van der Waals surface area contributed by atoms with Gasteiger partial charge in [0.15, 0.2) is 0 Å².